The van der Waals surface area contributed by atoms with E-state index in [4.69, 9.17) is 11.6 Å². The molecule has 2 aromatic carbocycles. The number of aromatic nitrogens is 2. The van der Waals surface area contributed by atoms with Gasteiger partial charge in [-0.3, -0.25) is 0 Å². The van der Waals surface area contributed by atoms with E-state index < -0.39 is 20.5 Å². The molecule has 0 unspecified atom stereocenters. The number of nitrogens with zero attached hydrogens (tertiary/aromatic N) is 2. The first-order valence-electron chi connectivity index (χ1n) is 7.06. The van der Waals surface area contributed by atoms with Gasteiger partial charge in [0.1, 0.15) is 11.6 Å². The highest BCUT2D eigenvalue weighted by atomic mass is 35.5. The Hall–Kier alpha value is -2.32. The van der Waals surface area contributed by atoms with E-state index in [0.717, 1.165) is 12.1 Å². The maximum atomic E-state index is 12.8. The van der Waals surface area contributed by atoms with Crippen LogP contribution in [0.5, 0.6) is 0 Å². The fourth-order valence-corrected chi connectivity index (χ4v) is 3.37. The molecule has 3 aromatic rings. The van der Waals surface area contributed by atoms with Crippen molar-refractivity contribution in [3.8, 4) is 11.3 Å². The van der Waals surface area contributed by atoms with Gasteiger partial charge in [0.05, 0.1) is 10.3 Å². The molecule has 0 radical (unpaired) electrons. The molecule has 0 amide bonds. The molecule has 0 aliphatic heterocycles. The van der Waals surface area contributed by atoms with E-state index in [2.05, 4.69) is 4.98 Å². The molecule has 0 fully saturated rings. The van der Waals surface area contributed by atoms with Gasteiger partial charge < -0.3 is 5.21 Å². The topological polar surface area (TPSA) is 74.0 Å². The largest absolute Gasteiger partial charge is 0.710 e. The quantitative estimate of drug-likeness (QED) is 0.393. The van der Waals surface area contributed by atoms with Gasteiger partial charge in [-0.05, 0) is 23.2 Å². The fraction of sp³-hybridized carbons (Fsp3) is 0.125. The maximum Gasteiger partial charge on any atom is 0.341 e. The summed E-state index contributed by atoms with van der Waals surface area (Å²) in [5.41, 5.74) is 0.880. The van der Waals surface area contributed by atoms with Crippen LogP contribution in [0.15, 0.2) is 53.4 Å². The molecule has 0 bridgehead atoms. The Balaban J connectivity index is 2.40. The summed E-state index contributed by atoms with van der Waals surface area (Å²) < 4.78 is 49.7. The Bertz CT molecular complexity index is 1040. The van der Waals surface area contributed by atoms with Crippen LogP contribution in [0.3, 0.4) is 0 Å². The average molecular weight is 385 g/mol. The number of halogens is 3. The number of alkyl halides is 3. The van der Waals surface area contributed by atoms with E-state index in [1.54, 1.807) is 30.3 Å². The zero-order chi connectivity index (χ0) is 18.2. The van der Waals surface area contributed by atoms with E-state index in [0.29, 0.717) is 10.3 Å². The summed E-state index contributed by atoms with van der Waals surface area (Å²) in [4.78, 5) is 3.51. The van der Waals surface area contributed by atoms with E-state index in [1.807, 2.05) is 0 Å². The van der Waals surface area contributed by atoms with Gasteiger partial charge in [-0.1, -0.05) is 30.3 Å². The molecule has 0 saturated carbocycles. The van der Waals surface area contributed by atoms with E-state index >= 15 is 0 Å². The van der Waals surface area contributed by atoms with Gasteiger partial charge in [0, 0.05) is 5.56 Å². The second-order valence-corrected chi connectivity index (χ2v) is 7.34. The zero-order valence-electron chi connectivity index (χ0n) is 12.6. The van der Waals surface area contributed by atoms with Gasteiger partial charge in [0.2, 0.25) is 9.84 Å². The molecular formula is C16H11ClF2N2O3S. The van der Waals surface area contributed by atoms with Crippen LogP contribution in [0, 0.1) is 5.21 Å². The van der Waals surface area contributed by atoms with Crippen molar-refractivity contribution in [1.29, 1.82) is 0 Å². The van der Waals surface area contributed by atoms with Crippen molar-refractivity contribution in [2.45, 2.75) is 16.5 Å². The third-order valence-corrected chi connectivity index (χ3v) is 5.26. The molecule has 1 aromatic heterocycles. The summed E-state index contributed by atoms with van der Waals surface area (Å²) in [6.45, 7) is 0. The third kappa shape index (κ3) is 3.03. The normalized spacial score (nSPS) is 12.0. The van der Waals surface area contributed by atoms with Gasteiger partial charge in [0.25, 0.3) is 0 Å². The summed E-state index contributed by atoms with van der Waals surface area (Å²) in [6, 6.07) is 11.8. The molecule has 0 atom stereocenters. The van der Waals surface area contributed by atoms with Crippen molar-refractivity contribution >= 4 is 32.3 Å². The number of rotatable bonds is 4. The van der Waals surface area contributed by atoms with E-state index in [9.17, 15) is 22.4 Å². The highest BCUT2D eigenvalue weighted by molar-refractivity contribution is 7.91. The molecule has 0 aliphatic rings. The fourth-order valence-electron chi connectivity index (χ4n) is 2.46. The highest BCUT2D eigenvalue weighted by Crippen LogP contribution is 2.29. The predicted molar refractivity (Wildman–Crippen MR) is 88.9 cm³/mol. The lowest BCUT2D eigenvalue weighted by molar-refractivity contribution is -0.603. The van der Waals surface area contributed by atoms with Crippen molar-refractivity contribution in [2.75, 3.05) is 0 Å². The minimum atomic E-state index is -4.79. The SMILES string of the molecule is O=S(=O)(c1ccc2nc(CCl)[n+]([O-])c(-c3ccccc3)c2c1)C(F)F. The van der Waals surface area contributed by atoms with Gasteiger partial charge in [-0.25, -0.2) is 13.1 Å². The van der Waals surface area contributed by atoms with Gasteiger partial charge in [0.15, 0.2) is 5.52 Å². The molecule has 5 nitrogen and oxygen atoms in total. The summed E-state index contributed by atoms with van der Waals surface area (Å²) in [5, 5.41) is 12.7. The zero-order valence-corrected chi connectivity index (χ0v) is 14.1. The molecule has 130 valence electrons. The van der Waals surface area contributed by atoms with Crippen molar-refractivity contribution < 1.29 is 21.9 Å². The second kappa shape index (κ2) is 6.53. The summed E-state index contributed by atoms with van der Waals surface area (Å²) in [6.07, 6.45) is 0. The molecule has 1 heterocycles. The van der Waals surface area contributed by atoms with Crippen molar-refractivity contribution in [3.05, 3.63) is 59.6 Å². The number of fused-ring (bicyclic) bond motifs is 1. The maximum absolute atomic E-state index is 12.8. The lowest BCUT2D eigenvalue weighted by atomic mass is 10.1. The number of sulfone groups is 1. The second-order valence-electron chi connectivity index (χ2n) is 5.16. The molecule has 0 N–H and O–H groups in total. The van der Waals surface area contributed by atoms with Crippen LogP contribution >= 0.6 is 11.6 Å². The van der Waals surface area contributed by atoms with Crippen LogP contribution in [0.1, 0.15) is 5.82 Å². The monoisotopic (exact) mass is 384 g/mol. The first kappa shape index (κ1) is 17.5. The first-order valence-corrected chi connectivity index (χ1v) is 9.14. The van der Waals surface area contributed by atoms with E-state index in [1.165, 1.54) is 6.07 Å². The lowest BCUT2D eigenvalue weighted by Crippen LogP contribution is -2.35. The van der Waals surface area contributed by atoms with Crippen molar-refractivity contribution in [3.63, 3.8) is 0 Å². The molecule has 0 aliphatic carbocycles. The molecule has 3 rings (SSSR count). The van der Waals surface area contributed by atoms with Gasteiger partial charge in [-0.2, -0.15) is 8.78 Å². The molecule has 0 saturated heterocycles. The van der Waals surface area contributed by atoms with Crippen molar-refractivity contribution in [2.24, 2.45) is 0 Å². The number of hydrogen-bond donors (Lipinski definition) is 0. The summed E-state index contributed by atoms with van der Waals surface area (Å²) >= 11 is 5.76. The van der Waals surface area contributed by atoms with Crippen LogP contribution in [0.4, 0.5) is 8.78 Å². The molecule has 0 spiro atoms. The summed E-state index contributed by atoms with van der Waals surface area (Å²) in [7, 11) is -4.79. The summed E-state index contributed by atoms with van der Waals surface area (Å²) in [5.74, 6) is -3.69. The average Bonchev–Trinajstić information content (AvgIpc) is 2.61. The standard InChI is InChI=1S/C16H11ClF2N2O3S/c17-9-14-20-13-7-6-11(25(23,24)16(18)19)8-12(13)15(21(14)22)10-4-2-1-3-5-10/h1-8,16H,9H2. The Labute approximate surface area is 147 Å². The molecular weight excluding hydrogens is 374 g/mol. The Morgan fingerprint density at radius 2 is 1.84 bits per heavy atom. The smallest absolute Gasteiger partial charge is 0.341 e. The third-order valence-electron chi connectivity index (χ3n) is 3.64. The Morgan fingerprint density at radius 3 is 2.44 bits per heavy atom. The minimum Gasteiger partial charge on any atom is -0.710 e. The van der Waals surface area contributed by atoms with Crippen LogP contribution in [-0.4, -0.2) is 19.2 Å². The van der Waals surface area contributed by atoms with Gasteiger partial charge >= 0.3 is 11.6 Å². The predicted octanol–water partition coefficient (Wildman–Crippen LogP) is 3.27. The Morgan fingerprint density at radius 1 is 1.16 bits per heavy atom. The van der Waals surface area contributed by atoms with Crippen molar-refractivity contribution in [1.82, 2.24) is 4.98 Å². The van der Waals surface area contributed by atoms with Crippen LogP contribution in [-0.2, 0) is 15.7 Å². The Kier molecular flexibility index (Phi) is 4.57. The van der Waals surface area contributed by atoms with Crippen LogP contribution in [0.25, 0.3) is 22.2 Å². The number of benzene rings is 2. The van der Waals surface area contributed by atoms with E-state index in [-0.39, 0.29) is 28.3 Å². The number of hydrogen-bond acceptors (Lipinski definition) is 4. The highest BCUT2D eigenvalue weighted by Gasteiger charge is 2.28. The van der Waals surface area contributed by atoms with Crippen LogP contribution < -0.4 is 4.73 Å². The molecule has 9 heteroatoms. The first-order chi connectivity index (χ1) is 11.9. The van der Waals surface area contributed by atoms with Crippen LogP contribution in [0.2, 0.25) is 0 Å². The van der Waals surface area contributed by atoms with Gasteiger partial charge in [-0.15, -0.1) is 11.6 Å². The molecule has 25 heavy (non-hydrogen) atoms. The lowest BCUT2D eigenvalue weighted by Gasteiger charge is -2.14. The minimum absolute atomic E-state index is 0.0255.